The van der Waals surface area contributed by atoms with Crippen LogP contribution in [0.25, 0.3) is 27.9 Å². The zero-order valence-electron chi connectivity index (χ0n) is 17.0. The largest absolute Gasteiger partial charge is 0.465 e. The molecule has 0 saturated heterocycles. The van der Waals surface area contributed by atoms with Crippen LogP contribution in [0.2, 0.25) is 0 Å². The van der Waals surface area contributed by atoms with Gasteiger partial charge in [0.25, 0.3) is 0 Å². The van der Waals surface area contributed by atoms with Gasteiger partial charge in [-0.2, -0.15) is 5.10 Å². The van der Waals surface area contributed by atoms with Crippen LogP contribution in [0.4, 0.5) is 0 Å². The summed E-state index contributed by atoms with van der Waals surface area (Å²) < 4.78 is 16.5. The summed E-state index contributed by atoms with van der Waals surface area (Å²) in [5.74, 6) is -1.49. The number of nitrogens with zero attached hydrogens (tertiary/aromatic N) is 2. The number of aromatic nitrogens is 2. The highest BCUT2D eigenvalue weighted by atomic mass is 16.5. The van der Waals surface area contributed by atoms with Crippen molar-refractivity contribution in [3.8, 4) is 16.9 Å². The molecule has 0 unspecified atom stereocenters. The summed E-state index contributed by atoms with van der Waals surface area (Å²) in [6, 6.07) is 15.4. The number of fused-ring (bicyclic) bond motifs is 1. The van der Waals surface area contributed by atoms with Crippen molar-refractivity contribution < 1.29 is 23.5 Å². The maximum atomic E-state index is 12.7. The second-order valence-corrected chi connectivity index (χ2v) is 6.76. The van der Waals surface area contributed by atoms with E-state index in [0.29, 0.717) is 16.8 Å². The molecule has 0 fully saturated rings. The standard InChI is InChI=1S/C23H18N2O6/c1-13-11-18(26)31-17-12-14(9-10-16(13)17)20-19(22(27)29-2)21(23(28)30-3)25(24-20)15-7-5-4-6-8-15/h4-12H,1-3H3. The normalized spacial score (nSPS) is 10.8. The number of carbonyl (C=O) groups is 2. The van der Waals surface area contributed by atoms with Crippen LogP contribution >= 0.6 is 0 Å². The Morgan fingerprint density at radius 2 is 1.68 bits per heavy atom. The predicted octanol–water partition coefficient (Wildman–Crippen LogP) is 3.53. The second-order valence-electron chi connectivity index (χ2n) is 6.76. The molecule has 0 radical (unpaired) electrons. The Labute approximate surface area is 176 Å². The fraction of sp³-hybridized carbons (Fsp3) is 0.130. The van der Waals surface area contributed by atoms with E-state index in [1.807, 2.05) is 6.07 Å². The van der Waals surface area contributed by atoms with Gasteiger partial charge in [0.1, 0.15) is 16.8 Å². The molecular formula is C23H18N2O6. The van der Waals surface area contributed by atoms with Gasteiger partial charge >= 0.3 is 17.6 Å². The van der Waals surface area contributed by atoms with Crippen LogP contribution < -0.4 is 5.63 Å². The lowest BCUT2D eigenvalue weighted by atomic mass is 10.0. The molecule has 8 nitrogen and oxygen atoms in total. The number of ether oxygens (including phenoxy) is 2. The molecule has 2 aromatic heterocycles. The summed E-state index contributed by atoms with van der Waals surface area (Å²) in [6.07, 6.45) is 0. The first-order chi connectivity index (χ1) is 14.9. The third-order valence-electron chi connectivity index (χ3n) is 4.88. The van der Waals surface area contributed by atoms with E-state index < -0.39 is 17.6 Å². The lowest BCUT2D eigenvalue weighted by Gasteiger charge is -2.07. The van der Waals surface area contributed by atoms with Gasteiger partial charge in [-0.3, -0.25) is 0 Å². The smallest absolute Gasteiger partial charge is 0.357 e. The molecule has 0 bridgehead atoms. The maximum absolute atomic E-state index is 12.7. The third kappa shape index (κ3) is 3.48. The molecule has 156 valence electrons. The monoisotopic (exact) mass is 418 g/mol. The van der Waals surface area contributed by atoms with Crippen LogP contribution in [0.15, 0.2) is 63.8 Å². The van der Waals surface area contributed by atoms with Crippen molar-refractivity contribution in [2.75, 3.05) is 14.2 Å². The van der Waals surface area contributed by atoms with E-state index in [2.05, 4.69) is 5.10 Å². The van der Waals surface area contributed by atoms with E-state index in [0.717, 1.165) is 10.9 Å². The lowest BCUT2D eigenvalue weighted by Crippen LogP contribution is -2.15. The molecule has 0 aliphatic carbocycles. The predicted molar refractivity (Wildman–Crippen MR) is 112 cm³/mol. The number of hydrogen-bond donors (Lipinski definition) is 0. The van der Waals surface area contributed by atoms with Crippen molar-refractivity contribution in [2.45, 2.75) is 6.92 Å². The number of rotatable bonds is 4. The minimum atomic E-state index is -0.747. The van der Waals surface area contributed by atoms with Crippen molar-refractivity contribution in [1.82, 2.24) is 9.78 Å². The summed E-state index contributed by atoms with van der Waals surface area (Å²) in [6.45, 7) is 1.80. The summed E-state index contributed by atoms with van der Waals surface area (Å²) in [7, 11) is 2.44. The van der Waals surface area contributed by atoms with E-state index in [1.54, 1.807) is 49.4 Å². The number of para-hydroxylation sites is 1. The number of esters is 2. The van der Waals surface area contributed by atoms with Crippen molar-refractivity contribution in [2.24, 2.45) is 0 Å². The number of carbonyl (C=O) groups excluding carboxylic acids is 2. The Morgan fingerprint density at radius 1 is 0.968 bits per heavy atom. The molecule has 0 amide bonds. The molecule has 31 heavy (non-hydrogen) atoms. The number of benzene rings is 2. The molecule has 4 rings (SSSR count). The van der Waals surface area contributed by atoms with Gasteiger partial charge in [0.2, 0.25) is 0 Å². The van der Waals surface area contributed by atoms with E-state index in [-0.39, 0.29) is 17.0 Å². The van der Waals surface area contributed by atoms with Gasteiger partial charge in [-0.1, -0.05) is 30.3 Å². The average molecular weight is 418 g/mol. The van der Waals surface area contributed by atoms with Gasteiger partial charge in [0.05, 0.1) is 19.9 Å². The average Bonchev–Trinajstić information content (AvgIpc) is 3.18. The molecule has 4 aromatic rings. The molecule has 0 spiro atoms. The highest BCUT2D eigenvalue weighted by molar-refractivity contribution is 6.07. The van der Waals surface area contributed by atoms with Gasteiger partial charge in [0, 0.05) is 17.0 Å². The van der Waals surface area contributed by atoms with E-state index >= 15 is 0 Å². The minimum absolute atomic E-state index is 0.0486. The quantitative estimate of drug-likeness (QED) is 0.369. The third-order valence-corrected chi connectivity index (χ3v) is 4.88. The molecule has 2 aromatic carbocycles. The Kier molecular flexibility index (Phi) is 5.12. The Balaban J connectivity index is 2.05. The van der Waals surface area contributed by atoms with Crippen LogP contribution in [0.1, 0.15) is 26.4 Å². The first-order valence-electron chi connectivity index (χ1n) is 9.34. The highest BCUT2D eigenvalue weighted by Crippen LogP contribution is 2.31. The summed E-state index contributed by atoms with van der Waals surface area (Å²) in [5.41, 5.74) is 1.73. The van der Waals surface area contributed by atoms with Crippen molar-refractivity contribution in [1.29, 1.82) is 0 Å². The highest BCUT2D eigenvalue weighted by Gasteiger charge is 2.31. The topological polar surface area (TPSA) is 101 Å². The van der Waals surface area contributed by atoms with Crippen LogP contribution in [0.5, 0.6) is 0 Å². The number of hydrogen-bond acceptors (Lipinski definition) is 7. The molecule has 0 aliphatic rings. The maximum Gasteiger partial charge on any atom is 0.357 e. The Bertz CT molecular complexity index is 1370. The number of methoxy groups -OCH3 is 2. The zero-order valence-corrected chi connectivity index (χ0v) is 17.0. The van der Waals surface area contributed by atoms with E-state index in [4.69, 9.17) is 13.9 Å². The molecule has 2 heterocycles. The first kappa shape index (κ1) is 20.1. The van der Waals surface area contributed by atoms with Crippen LogP contribution in [-0.4, -0.2) is 35.9 Å². The van der Waals surface area contributed by atoms with Crippen LogP contribution in [0.3, 0.4) is 0 Å². The van der Waals surface area contributed by atoms with Gasteiger partial charge in [-0.15, -0.1) is 0 Å². The van der Waals surface area contributed by atoms with Crippen molar-refractivity contribution in [3.05, 3.63) is 81.8 Å². The van der Waals surface area contributed by atoms with Gasteiger partial charge in [-0.05, 0) is 30.7 Å². The van der Waals surface area contributed by atoms with Crippen molar-refractivity contribution in [3.63, 3.8) is 0 Å². The van der Waals surface area contributed by atoms with Gasteiger partial charge in [-0.25, -0.2) is 19.1 Å². The molecule has 0 atom stereocenters. The van der Waals surface area contributed by atoms with Crippen LogP contribution in [0, 0.1) is 6.92 Å². The van der Waals surface area contributed by atoms with E-state index in [1.165, 1.54) is 25.0 Å². The molecule has 8 heteroatoms. The van der Waals surface area contributed by atoms with E-state index in [9.17, 15) is 14.4 Å². The first-order valence-corrected chi connectivity index (χ1v) is 9.34. The Hall–Kier alpha value is -4.20. The molecule has 0 saturated carbocycles. The zero-order chi connectivity index (χ0) is 22.1. The fourth-order valence-corrected chi connectivity index (χ4v) is 3.43. The summed E-state index contributed by atoms with van der Waals surface area (Å²) in [4.78, 5) is 37.2. The summed E-state index contributed by atoms with van der Waals surface area (Å²) >= 11 is 0. The summed E-state index contributed by atoms with van der Waals surface area (Å²) in [5, 5.41) is 5.28. The van der Waals surface area contributed by atoms with Crippen LogP contribution in [-0.2, 0) is 9.47 Å². The van der Waals surface area contributed by atoms with Gasteiger partial charge < -0.3 is 13.9 Å². The molecule has 0 N–H and O–H groups in total. The lowest BCUT2D eigenvalue weighted by molar-refractivity contribution is 0.0549. The minimum Gasteiger partial charge on any atom is -0.465 e. The Morgan fingerprint density at radius 3 is 2.35 bits per heavy atom. The molecule has 0 aliphatic heterocycles. The fourth-order valence-electron chi connectivity index (χ4n) is 3.43. The molecular weight excluding hydrogens is 400 g/mol. The second kappa shape index (κ2) is 7.91. The number of aryl methyl sites for hydroxylation is 1. The van der Waals surface area contributed by atoms with Crippen molar-refractivity contribution >= 4 is 22.9 Å². The van der Waals surface area contributed by atoms with Gasteiger partial charge in [0.15, 0.2) is 5.69 Å². The SMILES string of the molecule is COC(=O)c1c(-c2ccc3c(C)cc(=O)oc3c2)nn(-c2ccccc2)c1C(=O)OC.